The number of sulfonamides is 1. The predicted molar refractivity (Wildman–Crippen MR) is 123 cm³/mol. The van der Waals surface area contributed by atoms with E-state index in [1.54, 1.807) is 31.2 Å². The first-order chi connectivity index (χ1) is 14.8. The second-order valence-electron chi connectivity index (χ2n) is 7.17. The molecule has 6 nitrogen and oxygen atoms in total. The van der Waals surface area contributed by atoms with Gasteiger partial charge >= 0.3 is 0 Å². The Hall–Kier alpha value is -3.32. The molecule has 0 heterocycles. The Morgan fingerprint density at radius 1 is 0.903 bits per heavy atom. The molecule has 7 heteroatoms. The fraction of sp³-hybridized carbons (Fsp3) is 0.208. The SMILES string of the molecule is C[C@H](C(=O)NCCc1ccccc1)N(c1ccc(Oc2ccccc2)cc1)S(C)(=O)=O. The summed E-state index contributed by atoms with van der Waals surface area (Å²) in [6.45, 7) is 2.00. The van der Waals surface area contributed by atoms with Gasteiger partial charge in [0.1, 0.15) is 17.5 Å². The van der Waals surface area contributed by atoms with Gasteiger partial charge < -0.3 is 10.1 Å². The van der Waals surface area contributed by atoms with E-state index in [-0.39, 0.29) is 5.91 Å². The molecular weight excluding hydrogens is 412 g/mol. The van der Waals surface area contributed by atoms with Crippen LogP contribution in [0.2, 0.25) is 0 Å². The van der Waals surface area contributed by atoms with E-state index in [9.17, 15) is 13.2 Å². The molecule has 1 amide bonds. The van der Waals surface area contributed by atoms with Crippen LogP contribution in [0.4, 0.5) is 5.69 Å². The largest absolute Gasteiger partial charge is 0.457 e. The first kappa shape index (κ1) is 22.4. The van der Waals surface area contributed by atoms with Crippen LogP contribution in [-0.4, -0.2) is 33.2 Å². The van der Waals surface area contributed by atoms with Gasteiger partial charge in [-0.1, -0.05) is 48.5 Å². The molecule has 0 aliphatic rings. The summed E-state index contributed by atoms with van der Waals surface area (Å²) in [4.78, 5) is 12.7. The molecule has 3 rings (SSSR count). The van der Waals surface area contributed by atoms with Gasteiger partial charge in [-0.15, -0.1) is 0 Å². The van der Waals surface area contributed by atoms with Crippen LogP contribution in [0, 0.1) is 0 Å². The molecule has 0 bridgehead atoms. The van der Waals surface area contributed by atoms with Crippen LogP contribution < -0.4 is 14.4 Å². The Kier molecular flexibility index (Phi) is 7.31. The summed E-state index contributed by atoms with van der Waals surface area (Å²) in [5.41, 5.74) is 1.50. The molecule has 0 saturated carbocycles. The molecule has 3 aromatic rings. The van der Waals surface area contributed by atoms with Gasteiger partial charge in [-0.2, -0.15) is 0 Å². The third-order valence-corrected chi connectivity index (χ3v) is 5.96. The van der Waals surface area contributed by atoms with Crippen LogP contribution in [0.5, 0.6) is 11.5 Å². The molecule has 0 aromatic heterocycles. The van der Waals surface area contributed by atoms with Gasteiger partial charge in [0.25, 0.3) is 0 Å². The van der Waals surface area contributed by atoms with Gasteiger partial charge in [0.15, 0.2) is 0 Å². The van der Waals surface area contributed by atoms with Crippen molar-refractivity contribution in [2.45, 2.75) is 19.4 Å². The topological polar surface area (TPSA) is 75.7 Å². The highest BCUT2D eigenvalue weighted by Crippen LogP contribution is 2.26. The molecule has 0 fully saturated rings. The molecule has 1 N–H and O–H groups in total. The lowest BCUT2D eigenvalue weighted by Gasteiger charge is -2.28. The number of ether oxygens (including phenoxy) is 1. The third-order valence-electron chi connectivity index (χ3n) is 4.71. The molecular formula is C24H26N2O4S. The summed E-state index contributed by atoms with van der Waals surface area (Å²) in [6.07, 6.45) is 1.76. The number of hydrogen-bond donors (Lipinski definition) is 1. The Morgan fingerprint density at radius 2 is 1.45 bits per heavy atom. The molecule has 31 heavy (non-hydrogen) atoms. The summed E-state index contributed by atoms with van der Waals surface area (Å²) in [6, 6.07) is 24.8. The van der Waals surface area contributed by atoms with Crippen molar-refractivity contribution in [2.24, 2.45) is 0 Å². The monoisotopic (exact) mass is 438 g/mol. The van der Waals surface area contributed by atoms with Gasteiger partial charge in [-0.25, -0.2) is 8.42 Å². The first-order valence-electron chi connectivity index (χ1n) is 9.98. The molecule has 162 valence electrons. The Bertz CT molecular complexity index is 1090. The van der Waals surface area contributed by atoms with Gasteiger partial charge in [-0.05, 0) is 55.3 Å². The van der Waals surface area contributed by atoms with Crippen molar-refractivity contribution in [1.82, 2.24) is 5.32 Å². The lowest BCUT2D eigenvalue weighted by atomic mass is 10.1. The average molecular weight is 439 g/mol. The maximum Gasteiger partial charge on any atom is 0.243 e. The average Bonchev–Trinajstić information content (AvgIpc) is 2.75. The minimum absolute atomic E-state index is 0.356. The van der Waals surface area contributed by atoms with E-state index in [0.717, 1.165) is 16.1 Å². The molecule has 1 atom stereocenters. The van der Waals surface area contributed by atoms with Crippen LogP contribution in [0.25, 0.3) is 0 Å². The molecule has 0 aliphatic carbocycles. The maximum absolute atomic E-state index is 12.7. The van der Waals surface area contributed by atoms with Crippen molar-refractivity contribution in [2.75, 3.05) is 17.1 Å². The standard InChI is InChI=1S/C24H26N2O4S/c1-19(24(27)25-18-17-20-9-5-3-6-10-20)26(31(2,28)29)21-13-15-23(16-14-21)30-22-11-7-4-8-12-22/h3-16,19H,17-18H2,1-2H3,(H,25,27)/t19-/m1/s1. The number of benzene rings is 3. The van der Waals surface area contributed by atoms with Crippen molar-refractivity contribution in [3.63, 3.8) is 0 Å². The number of rotatable bonds is 9. The molecule has 0 spiro atoms. The Balaban J connectivity index is 1.68. The van der Waals surface area contributed by atoms with E-state index in [4.69, 9.17) is 4.74 Å². The van der Waals surface area contributed by atoms with Gasteiger partial charge in [0.2, 0.25) is 15.9 Å². The maximum atomic E-state index is 12.7. The van der Waals surface area contributed by atoms with Crippen molar-refractivity contribution >= 4 is 21.6 Å². The van der Waals surface area contributed by atoms with E-state index in [1.807, 2.05) is 60.7 Å². The van der Waals surface area contributed by atoms with E-state index in [1.165, 1.54) is 0 Å². The van der Waals surface area contributed by atoms with E-state index in [0.29, 0.717) is 30.2 Å². The number of amides is 1. The Morgan fingerprint density at radius 3 is 2.03 bits per heavy atom. The van der Waals surface area contributed by atoms with E-state index < -0.39 is 16.1 Å². The number of carbonyl (C=O) groups excluding carboxylic acids is 1. The van der Waals surface area contributed by atoms with Crippen LogP contribution in [0.15, 0.2) is 84.9 Å². The highest BCUT2D eigenvalue weighted by atomic mass is 32.2. The number of anilines is 1. The van der Waals surface area contributed by atoms with Crippen molar-refractivity contribution in [1.29, 1.82) is 0 Å². The van der Waals surface area contributed by atoms with Crippen LogP contribution in [0.1, 0.15) is 12.5 Å². The summed E-state index contributed by atoms with van der Waals surface area (Å²) in [5.74, 6) is 0.899. The minimum atomic E-state index is -3.68. The molecule has 0 aliphatic heterocycles. The number of nitrogens with one attached hydrogen (secondary N) is 1. The van der Waals surface area contributed by atoms with Gasteiger partial charge in [-0.3, -0.25) is 9.10 Å². The summed E-state index contributed by atoms with van der Waals surface area (Å²) < 4.78 is 31.8. The second-order valence-corrected chi connectivity index (χ2v) is 9.03. The molecule has 0 saturated heterocycles. The van der Waals surface area contributed by atoms with Gasteiger partial charge in [0.05, 0.1) is 11.9 Å². The Labute approximate surface area is 183 Å². The highest BCUT2D eigenvalue weighted by molar-refractivity contribution is 7.92. The summed E-state index contributed by atoms with van der Waals surface area (Å²) in [5, 5.41) is 2.83. The minimum Gasteiger partial charge on any atom is -0.457 e. The zero-order valence-corrected chi connectivity index (χ0v) is 18.4. The van der Waals surface area contributed by atoms with E-state index in [2.05, 4.69) is 5.32 Å². The zero-order valence-electron chi connectivity index (χ0n) is 17.6. The molecule has 3 aromatic carbocycles. The molecule has 0 radical (unpaired) electrons. The van der Waals surface area contributed by atoms with Crippen LogP contribution in [-0.2, 0) is 21.2 Å². The fourth-order valence-electron chi connectivity index (χ4n) is 3.22. The van der Waals surface area contributed by atoms with Crippen LogP contribution >= 0.6 is 0 Å². The molecule has 0 unspecified atom stereocenters. The van der Waals surface area contributed by atoms with E-state index >= 15 is 0 Å². The first-order valence-corrected chi connectivity index (χ1v) is 11.8. The lowest BCUT2D eigenvalue weighted by Crippen LogP contribution is -2.48. The zero-order chi connectivity index (χ0) is 22.3. The number of nitrogens with zero attached hydrogens (tertiary/aromatic N) is 1. The summed E-state index contributed by atoms with van der Waals surface area (Å²) >= 11 is 0. The summed E-state index contributed by atoms with van der Waals surface area (Å²) in [7, 11) is -3.68. The van der Waals surface area contributed by atoms with Crippen molar-refractivity contribution in [3.8, 4) is 11.5 Å². The predicted octanol–water partition coefficient (Wildman–Crippen LogP) is 3.99. The van der Waals surface area contributed by atoms with Crippen molar-refractivity contribution < 1.29 is 17.9 Å². The normalized spacial score (nSPS) is 12.1. The fourth-order valence-corrected chi connectivity index (χ4v) is 4.39. The second kappa shape index (κ2) is 10.1. The lowest BCUT2D eigenvalue weighted by molar-refractivity contribution is -0.121. The third kappa shape index (κ3) is 6.33. The quantitative estimate of drug-likeness (QED) is 0.548. The number of carbonyl (C=O) groups is 1. The van der Waals surface area contributed by atoms with Crippen LogP contribution in [0.3, 0.4) is 0 Å². The number of para-hydroxylation sites is 1. The highest BCUT2D eigenvalue weighted by Gasteiger charge is 2.28. The van der Waals surface area contributed by atoms with Gasteiger partial charge in [0, 0.05) is 6.54 Å². The van der Waals surface area contributed by atoms with Crippen molar-refractivity contribution in [3.05, 3.63) is 90.5 Å². The smallest absolute Gasteiger partial charge is 0.243 e. The number of hydrogen-bond acceptors (Lipinski definition) is 4.